The second kappa shape index (κ2) is 8.78. The van der Waals surface area contributed by atoms with Gasteiger partial charge in [0.25, 0.3) is 0 Å². The van der Waals surface area contributed by atoms with Crippen molar-refractivity contribution in [2.75, 3.05) is 14.2 Å². The van der Waals surface area contributed by atoms with Crippen LogP contribution in [0.15, 0.2) is 60.9 Å². The molecule has 3 aromatic heterocycles. The average molecular weight is 463 g/mol. The summed E-state index contributed by atoms with van der Waals surface area (Å²) in [6.07, 6.45) is 0. The number of hydrogen-bond donors (Lipinski definition) is 2. The van der Waals surface area contributed by atoms with Gasteiger partial charge in [-0.15, -0.1) is 0 Å². The number of ether oxygens (including phenoxy) is 2. The highest BCUT2D eigenvalue weighted by molar-refractivity contribution is 5.80. The number of rotatable bonds is 5. The molecule has 0 spiro atoms. The number of benzene rings is 1. The zero-order chi connectivity index (χ0) is 24.6. The molecule has 0 unspecified atom stereocenters. The Morgan fingerprint density at radius 3 is 1.65 bits per heavy atom. The second-order valence-corrected chi connectivity index (χ2v) is 7.51. The van der Waals surface area contributed by atoms with Crippen molar-refractivity contribution in [3.05, 3.63) is 74.8 Å². The van der Waals surface area contributed by atoms with E-state index >= 15 is 0 Å². The summed E-state index contributed by atoms with van der Waals surface area (Å²) in [6, 6.07) is 10.8. The molecule has 0 saturated carbocycles. The summed E-state index contributed by atoms with van der Waals surface area (Å²) < 4.78 is 21.0. The summed E-state index contributed by atoms with van der Waals surface area (Å²) in [7, 11) is 3.01. The molecule has 0 saturated heterocycles. The molecule has 0 radical (unpaired) electrons. The smallest absolute Gasteiger partial charge is 0.349 e. The van der Waals surface area contributed by atoms with E-state index in [1.807, 2.05) is 0 Å². The number of aromatic hydroxyl groups is 2. The zero-order valence-corrected chi connectivity index (χ0v) is 18.8. The molecule has 0 atom stereocenters. The van der Waals surface area contributed by atoms with Crippen molar-refractivity contribution in [3.63, 3.8) is 0 Å². The number of methoxy groups -OCH3 is 2. The van der Waals surface area contributed by atoms with Crippen LogP contribution in [0.2, 0.25) is 0 Å². The highest BCUT2D eigenvalue weighted by Crippen LogP contribution is 2.37. The number of hydrogen-bond acceptors (Lipinski definition) is 9. The van der Waals surface area contributed by atoms with E-state index in [1.54, 1.807) is 30.3 Å². The van der Waals surface area contributed by atoms with E-state index < -0.39 is 11.3 Å². The molecule has 2 N–H and O–H groups in total. The lowest BCUT2D eigenvalue weighted by molar-refractivity contribution is 0.355. The van der Waals surface area contributed by atoms with E-state index in [0.29, 0.717) is 22.6 Å². The van der Waals surface area contributed by atoms with E-state index in [2.05, 4.69) is 4.98 Å². The first kappa shape index (κ1) is 22.7. The number of aromatic nitrogens is 1. The van der Waals surface area contributed by atoms with Crippen molar-refractivity contribution in [1.29, 1.82) is 0 Å². The Kier molecular flexibility index (Phi) is 5.85. The predicted octanol–water partition coefficient (Wildman–Crippen LogP) is 4.03. The molecule has 0 amide bonds. The lowest BCUT2D eigenvalue weighted by atomic mass is 10.00. The topological polar surface area (TPSA) is 132 Å². The maximum absolute atomic E-state index is 12.6. The molecule has 0 aliphatic carbocycles. The number of aryl methyl sites for hydroxylation is 2. The largest absolute Gasteiger partial charge is 0.507 e. The van der Waals surface area contributed by atoms with Crippen molar-refractivity contribution in [1.82, 2.24) is 4.98 Å². The van der Waals surface area contributed by atoms with E-state index in [4.69, 9.17) is 18.3 Å². The Bertz CT molecular complexity index is 1430. The number of nitrogens with zero attached hydrogens (tertiary/aromatic N) is 1. The van der Waals surface area contributed by atoms with Gasteiger partial charge >= 0.3 is 11.3 Å². The molecule has 9 heteroatoms. The van der Waals surface area contributed by atoms with Gasteiger partial charge in [0.15, 0.2) is 11.5 Å². The minimum atomic E-state index is -0.805. The van der Waals surface area contributed by atoms with Gasteiger partial charge in [0.05, 0.1) is 25.6 Å². The Hall–Kier alpha value is -4.53. The van der Waals surface area contributed by atoms with Crippen LogP contribution in [0.5, 0.6) is 23.0 Å². The van der Waals surface area contributed by atoms with Gasteiger partial charge in [-0.1, -0.05) is 6.07 Å². The van der Waals surface area contributed by atoms with E-state index in [0.717, 1.165) is 0 Å². The maximum atomic E-state index is 12.6. The first-order valence-corrected chi connectivity index (χ1v) is 10.1. The summed E-state index contributed by atoms with van der Waals surface area (Å²) in [6.45, 7) is 3.05. The van der Waals surface area contributed by atoms with E-state index in [-0.39, 0.29) is 45.5 Å². The molecule has 174 valence electrons. The maximum Gasteiger partial charge on any atom is 0.349 e. The molecule has 0 bridgehead atoms. The molecular weight excluding hydrogens is 442 g/mol. The minimum absolute atomic E-state index is 0.0351. The molecule has 0 fully saturated rings. The average Bonchev–Trinajstić information content (AvgIpc) is 2.77. The highest BCUT2D eigenvalue weighted by Gasteiger charge is 2.21. The fourth-order valence-corrected chi connectivity index (χ4v) is 3.63. The van der Waals surface area contributed by atoms with Crippen LogP contribution in [0.3, 0.4) is 0 Å². The normalized spacial score (nSPS) is 10.8. The Balaban J connectivity index is 2.04. The fraction of sp³-hybridized carbons (Fsp3) is 0.160. The summed E-state index contributed by atoms with van der Waals surface area (Å²) in [4.78, 5) is 29.6. The van der Waals surface area contributed by atoms with Gasteiger partial charge in [0, 0.05) is 12.1 Å². The summed E-state index contributed by atoms with van der Waals surface area (Å²) in [5, 5.41) is 21.0. The van der Waals surface area contributed by atoms with Gasteiger partial charge in [-0.2, -0.15) is 0 Å². The van der Waals surface area contributed by atoms with Gasteiger partial charge in [-0.05, 0) is 49.2 Å². The van der Waals surface area contributed by atoms with Crippen LogP contribution in [-0.4, -0.2) is 29.4 Å². The third kappa shape index (κ3) is 4.11. The Morgan fingerprint density at radius 1 is 0.706 bits per heavy atom. The monoisotopic (exact) mass is 463 g/mol. The van der Waals surface area contributed by atoms with Crippen molar-refractivity contribution >= 4 is 0 Å². The van der Waals surface area contributed by atoms with Crippen molar-refractivity contribution in [2.24, 2.45) is 0 Å². The van der Waals surface area contributed by atoms with Gasteiger partial charge in [-0.25, -0.2) is 14.6 Å². The third-order valence-corrected chi connectivity index (χ3v) is 5.16. The molecular formula is C25H21NO8. The van der Waals surface area contributed by atoms with Gasteiger partial charge in [0.2, 0.25) is 0 Å². The lowest BCUT2D eigenvalue weighted by Crippen LogP contribution is -2.08. The molecule has 3 heterocycles. The van der Waals surface area contributed by atoms with Crippen LogP contribution in [-0.2, 0) is 0 Å². The van der Waals surface area contributed by atoms with Crippen LogP contribution in [0.1, 0.15) is 11.5 Å². The number of pyridine rings is 1. The standard InChI is InChI=1S/C25H21NO8/c1-12-7-18(27)22(24(29)33-12)16-9-15(14-5-6-20(31-3)21(11-14)32-4)10-17(26-16)23-19(28)8-13(2)34-25(23)30/h5-11,27-28H,1-4H3. The van der Waals surface area contributed by atoms with Crippen LogP contribution in [0.4, 0.5) is 0 Å². The first-order valence-electron chi connectivity index (χ1n) is 10.1. The second-order valence-electron chi connectivity index (χ2n) is 7.51. The molecule has 0 aliphatic rings. The summed E-state index contributed by atoms with van der Waals surface area (Å²) >= 11 is 0. The molecule has 1 aromatic carbocycles. The molecule has 4 rings (SSSR count). The van der Waals surface area contributed by atoms with E-state index in [1.165, 1.54) is 40.2 Å². The van der Waals surface area contributed by atoms with Gasteiger partial charge in [0.1, 0.15) is 34.1 Å². The summed E-state index contributed by atoms with van der Waals surface area (Å²) in [5.74, 6) is 0.733. The minimum Gasteiger partial charge on any atom is -0.507 e. The highest BCUT2D eigenvalue weighted by atomic mass is 16.5. The third-order valence-electron chi connectivity index (χ3n) is 5.16. The van der Waals surface area contributed by atoms with Crippen LogP contribution < -0.4 is 20.7 Å². The van der Waals surface area contributed by atoms with Crippen molar-refractivity contribution in [3.8, 4) is 56.6 Å². The SMILES string of the molecule is COc1ccc(-c2cc(-c3c(O)cc(C)oc3=O)nc(-c3c(O)cc(C)oc3=O)c2)cc1OC. The molecule has 34 heavy (non-hydrogen) atoms. The van der Waals surface area contributed by atoms with Crippen LogP contribution in [0.25, 0.3) is 33.6 Å². The van der Waals surface area contributed by atoms with E-state index in [9.17, 15) is 19.8 Å². The van der Waals surface area contributed by atoms with Gasteiger partial charge in [-0.3, -0.25) is 0 Å². The zero-order valence-electron chi connectivity index (χ0n) is 18.8. The Morgan fingerprint density at radius 2 is 1.21 bits per heavy atom. The van der Waals surface area contributed by atoms with Gasteiger partial charge < -0.3 is 28.5 Å². The first-order chi connectivity index (χ1) is 16.2. The predicted molar refractivity (Wildman–Crippen MR) is 124 cm³/mol. The molecule has 0 aliphatic heterocycles. The molecule has 4 aromatic rings. The quantitative estimate of drug-likeness (QED) is 0.450. The van der Waals surface area contributed by atoms with Crippen molar-refractivity contribution < 1.29 is 28.5 Å². The summed E-state index contributed by atoms with van der Waals surface area (Å²) in [5.41, 5.74) is -0.772. The Labute approximate surface area is 193 Å². The molecule has 9 nitrogen and oxygen atoms in total. The lowest BCUT2D eigenvalue weighted by Gasteiger charge is -2.13. The van der Waals surface area contributed by atoms with Crippen LogP contribution in [0, 0.1) is 13.8 Å². The fourth-order valence-electron chi connectivity index (χ4n) is 3.63. The van der Waals surface area contributed by atoms with Crippen LogP contribution >= 0.6 is 0 Å². The van der Waals surface area contributed by atoms with Crippen molar-refractivity contribution in [2.45, 2.75) is 13.8 Å².